The molecule has 2 rings (SSSR count). The number of nitrogens with one attached hydrogen (secondary N) is 1. The highest BCUT2D eigenvalue weighted by Crippen LogP contribution is 2.26. The first-order chi connectivity index (χ1) is 8.35. The molecule has 17 heavy (non-hydrogen) atoms. The molecule has 0 spiro atoms. The maximum Gasteiger partial charge on any atom is 0.0442 e. The Kier molecular flexibility index (Phi) is 4.37. The first-order valence-corrected chi connectivity index (χ1v) is 6.67. The average Bonchev–Trinajstić information content (AvgIpc) is 2.40. The summed E-state index contributed by atoms with van der Waals surface area (Å²) < 4.78 is 0. The van der Waals surface area contributed by atoms with Crippen LogP contribution in [0.5, 0.6) is 0 Å². The lowest BCUT2D eigenvalue weighted by Gasteiger charge is -2.35. The highest BCUT2D eigenvalue weighted by Gasteiger charge is 2.20. The van der Waals surface area contributed by atoms with Gasteiger partial charge in [0.1, 0.15) is 0 Å². The molecule has 0 saturated carbocycles. The van der Waals surface area contributed by atoms with Crippen LogP contribution in [0.1, 0.15) is 31.7 Å². The van der Waals surface area contributed by atoms with E-state index in [9.17, 15) is 0 Å². The lowest BCUT2D eigenvalue weighted by molar-refractivity contribution is 0.404. The number of rotatable bonds is 4. The molecule has 1 aromatic heterocycles. The van der Waals surface area contributed by atoms with Crippen LogP contribution in [0, 0.1) is 5.92 Å². The second-order valence-corrected chi connectivity index (χ2v) is 4.90. The van der Waals surface area contributed by atoms with E-state index in [4.69, 9.17) is 0 Å². The fourth-order valence-electron chi connectivity index (χ4n) is 2.67. The molecule has 3 heteroatoms. The second kappa shape index (κ2) is 6.01. The summed E-state index contributed by atoms with van der Waals surface area (Å²) in [5, 5.41) is 3.22. The van der Waals surface area contributed by atoms with Gasteiger partial charge < -0.3 is 10.2 Å². The monoisotopic (exact) mass is 233 g/mol. The van der Waals surface area contributed by atoms with E-state index in [1.54, 1.807) is 0 Å². The van der Waals surface area contributed by atoms with Crippen LogP contribution >= 0.6 is 0 Å². The van der Waals surface area contributed by atoms with Gasteiger partial charge in [0, 0.05) is 43.3 Å². The minimum Gasteiger partial charge on any atom is -0.371 e. The molecule has 94 valence electrons. The first-order valence-electron chi connectivity index (χ1n) is 6.67. The standard InChI is InChI=1S/C14H23N3/c1-3-12-5-4-8-17(11-12)14-6-7-16-10-13(14)9-15-2/h6-7,10,12,15H,3-5,8-9,11H2,1-2H3. The highest BCUT2D eigenvalue weighted by atomic mass is 15.1. The zero-order valence-corrected chi connectivity index (χ0v) is 10.9. The Bertz CT molecular complexity index is 351. The predicted molar refractivity (Wildman–Crippen MR) is 72.2 cm³/mol. The maximum absolute atomic E-state index is 4.23. The fraction of sp³-hybridized carbons (Fsp3) is 0.643. The van der Waals surface area contributed by atoms with Gasteiger partial charge in [0.15, 0.2) is 0 Å². The van der Waals surface area contributed by atoms with Crippen LogP contribution in [0.3, 0.4) is 0 Å². The van der Waals surface area contributed by atoms with Crippen molar-refractivity contribution in [1.82, 2.24) is 10.3 Å². The van der Waals surface area contributed by atoms with E-state index in [0.29, 0.717) is 0 Å². The van der Waals surface area contributed by atoms with Crippen molar-refractivity contribution in [1.29, 1.82) is 0 Å². The van der Waals surface area contributed by atoms with E-state index in [1.807, 2.05) is 19.4 Å². The number of nitrogens with zero attached hydrogens (tertiary/aromatic N) is 2. The minimum absolute atomic E-state index is 0.861. The number of hydrogen-bond donors (Lipinski definition) is 1. The summed E-state index contributed by atoms with van der Waals surface area (Å²) in [6.07, 6.45) is 7.90. The lowest BCUT2D eigenvalue weighted by Crippen LogP contribution is -2.36. The van der Waals surface area contributed by atoms with Crippen LogP contribution in [-0.2, 0) is 6.54 Å². The molecule has 0 amide bonds. The van der Waals surface area contributed by atoms with Gasteiger partial charge in [-0.25, -0.2) is 0 Å². The molecule has 1 aliphatic heterocycles. The molecule has 1 unspecified atom stereocenters. The summed E-state index contributed by atoms with van der Waals surface area (Å²) in [5.41, 5.74) is 2.68. The van der Waals surface area contributed by atoms with Crippen molar-refractivity contribution in [3.8, 4) is 0 Å². The van der Waals surface area contributed by atoms with E-state index >= 15 is 0 Å². The SMILES string of the molecule is CCC1CCCN(c2ccncc2CNC)C1. The van der Waals surface area contributed by atoms with Gasteiger partial charge in [0.05, 0.1) is 0 Å². The summed E-state index contributed by atoms with van der Waals surface area (Å²) in [7, 11) is 1.99. The molecule has 1 aliphatic rings. The van der Waals surface area contributed by atoms with Gasteiger partial charge >= 0.3 is 0 Å². The molecule has 3 nitrogen and oxygen atoms in total. The lowest BCUT2D eigenvalue weighted by atomic mass is 9.95. The molecule has 0 bridgehead atoms. The third-order valence-electron chi connectivity index (χ3n) is 3.68. The van der Waals surface area contributed by atoms with Crippen LogP contribution in [0.2, 0.25) is 0 Å². The van der Waals surface area contributed by atoms with Crippen LogP contribution < -0.4 is 10.2 Å². The fourth-order valence-corrected chi connectivity index (χ4v) is 2.67. The number of anilines is 1. The van der Waals surface area contributed by atoms with Gasteiger partial charge in [-0.05, 0) is 31.9 Å². The molecular formula is C14H23N3. The van der Waals surface area contributed by atoms with E-state index < -0.39 is 0 Å². The van der Waals surface area contributed by atoms with Crippen LogP contribution in [0.25, 0.3) is 0 Å². The van der Waals surface area contributed by atoms with Crippen LogP contribution in [0.15, 0.2) is 18.5 Å². The van der Waals surface area contributed by atoms with Crippen LogP contribution in [0.4, 0.5) is 5.69 Å². The van der Waals surface area contributed by atoms with Gasteiger partial charge in [-0.15, -0.1) is 0 Å². The molecule has 1 saturated heterocycles. The first kappa shape index (κ1) is 12.4. The Balaban J connectivity index is 2.15. The van der Waals surface area contributed by atoms with E-state index in [0.717, 1.165) is 12.5 Å². The highest BCUT2D eigenvalue weighted by molar-refractivity contribution is 5.52. The summed E-state index contributed by atoms with van der Waals surface area (Å²) in [6, 6.07) is 2.16. The number of aromatic nitrogens is 1. The van der Waals surface area contributed by atoms with E-state index in [1.165, 1.54) is 43.6 Å². The average molecular weight is 233 g/mol. The normalized spacial score (nSPS) is 20.6. The number of pyridine rings is 1. The summed E-state index contributed by atoms with van der Waals surface area (Å²) in [6.45, 7) is 5.60. The Hall–Kier alpha value is -1.09. The summed E-state index contributed by atoms with van der Waals surface area (Å²) in [4.78, 5) is 6.77. The van der Waals surface area contributed by atoms with Crippen molar-refractivity contribution in [2.45, 2.75) is 32.7 Å². The molecule has 1 N–H and O–H groups in total. The van der Waals surface area contributed by atoms with Gasteiger partial charge in [0.2, 0.25) is 0 Å². The predicted octanol–water partition coefficient (Wildman–Crippen LogP) is 2.43. The van der Waals surface area contributed by atoms with Crippen molar-refractivity contribution < 1.29 is 0 Å². The zero-order valence-electron chi connectivity index (χ0n) is 10.9. The molecular weight excluding hydrogens is 210 g/mol. The Morgan fingerprint density at radius 1 is 1.53 bits per heavy atom. The number of piperidine rings is 1. The largest absolute Gasteiger partial charge is 0.371 e. The third kappa shape index (κ3) is 2.97. The van der Waals surface area contributed by atoms with Gasteiger partial charge in [-0.1, -0.05) is 13.3 Å². The molecule has 2 heterocycles. The van der Waals surface area contributed by atoms with Crippen molar-refractivity contribution in [2.75, 3.05) is 25.0 Å². The molecule has 0 radical (unpaired) electrons. The van der Waals surface area contributed by atoms with Gasteiger partial charge in [0.25, 0.3) is 0 Å². The second-order valence-electron chi connectivity index (χ2n) is 4.90. The van der Waals surface area contributed by atoms with Crippen molar-refractivity contribution in [2.24, 2.45) is 5.92 Å². The van der Waals surface area contributed by atoms with E-state index in [-0.39, 0.29) is 0 Å². The van der Waals surface area contributed by atoms with Crippen molar-refractivity contribution >= 4 is 5.69 Å². The maximum atomic E-state index is 4.23. The number of hydrogen-bond acceptors (Lipinski definition) is 3. The summed E-state index contributed by atoms with van der Waals surface area (Å²) in [5.74, 6) is 0.861. The van der Waals surface area contributed by atoms with Gasteiger partial charge in [-0.2, -0.15) is 0 Å². The molecule has 0 aromatic carbocycles. The smallest absolute Gasteiger partial charge is 0.0442 e. The molecule has 1 aromatic rings. The Morgan fingerprint density at radius 3 is 3.18 bits per heavy atom. The Morgan fingerprint density at radius 2 is 2.41 bits per heavy atom. The quantitative estimate of drug-likeness (QED) is 0.865. The van der Waals surface area contributed by atoms with Crippen LogP contribution in [-0.4, -0.2) is 25.1 Å². The molecule has 1 fully saturated rings. The minimum atomic E-state index is 0.861. The molecule has 1 atom stereocenters. The van der Waals surface area contributed by atoms with Crippen molar-refractivity contribution in [3.05, 3.63) is 24.0 Å². The summed E-state index contributed by atoms with van der Waals surface area (Å²) >= 11 is 0. The van der Waals surface area contributed by atoms with Gasteiger partial charge in [-0.3, -0.25) is 4.98 Å². The third-order valence-corrected chi connectivity index (χ3v) is 3.68. The molecule has 0 aliphatic carbocycles. The zero-order chi connectivity index (χ0) is 12.1. The van der Waals surface area contributed by atoms with Crippen molar-refractivity contribution in [3.63, 3.8) is 0 Å². The Labute approximate surface area is 104 Å². The van der Waals surface area contributed by atoms with E-state index in [2.05, 4.69) is 28.2 Å². The topological polar surface area (TPSA) is 28.2 Å².